The van der Waals surface area contributed by atoms with Gasteiger partial charge in [-0.1, -0.05) is 51.9 Å². The average molecular weight is 282 g/mol. The van der Waals surface area contributed by atoms with Crippen LogP contribution in [0.5, 0.6) is 0 Å². The molecule has 0 spiro atoms. The van der Waals surface area contributed by atoms with E-state index in [1.165, 1.54) is 64.2 Å². The van der Waals surface area contributed by atoms with Gasteiger partial charge < -0.3 is 10.2 Å². The van der Waals surface area contributed by atoms with E-state index in [1.807, 2.05) is 4.90 Å². The lowest BCUT2D eigenvalue weighted by Gasteiger charge is -2.15. The number of hydrogen-bond acceptors (Lipinski definition) is 2. The molecule has 0 atom stereocenters. The van der Waals surface area contributed by atoms with Gasteiger partial charge >= 0.3 is 0 Å². The second-order valence-electron chi connectivity index (χ2n) is 6.06. The van der Waals surface area contributed by atoms with Crippen LogP contribution < -0.4 is 5.32 Å². The minimum Gasteiger partial charge on any atom is -0.343 e. The Kier molecular flexibility index (Phi) is 10.7. The molecule has 1 aliphatic heterocycles. The maximum Gasteiger partial charge on any atom is 0.223 e. The Morgan fingerprint density at radius 3 is 2.15 bits per heavy atom. The molecule has 1 aliphatic rings. The molecule has 0 aromatic heterocycles. The van der Waals surface area contributed by atoms with Gasteiger partial charge in [0.1, 0.15) is 0 Å². The SMILES string of the molecule is CCCCCCCCCCNCCC(=O)N1CCCC1. The lowest BCUT2D eigenvalue weighted by Crippen LogP contribution is -2.30. The Bertz CT molecular complexity index is 237. The minimum atomic E-state index is 0.339. The van der Waals surface area contributed by atoms with Crippen LogP contribution >= 0.6 is 0 Å². The Balaban J connectivity index is 1.77. The Labute approximate surface area is 125 Å². The molecule has 0 bridgehead atoms. The molecule has 0 aromatic rings. The normalized spacial score (nSPS) is 14.9. The Morgan fingerprint density at radius 2 is 1.50 bits per heavy atom. The van der Waals surface area contributed by atoms with E-state index in [-0.39, 0.29) is 0 Å². The number of likely N-dealkylation sites (tertiary alicyclic amines) is 1. The highest BCUT2D eigenvalue weighted by atomic mass is 16.2. The van der Waals surface area contributed by atoms with Gasteiger partial charge in [-0.2, -0.15) is 0 Å². The van der Waals surface area contributed by atoms with Gasteiger partial charge in [0, 0.05) is 26.1 Å². The Morgan fingerprint density at radius 1 is 0.900 bits per heavy atom. The third kappa shape index (κ3) is 8.57. The summed E-state index contributed by atoms with van der Waals surface area (Å²) in [5.41, 5.74) is 0. The first kappa shape index (κ1) is 17.5. The lowest BCUT2D eigenvalue weighted by atomic mass is 10.1. The van der Waals surface area contributed by atoms with Crippen molar-refractivity contribution in [1.82, 2.24) is 10.2 Å². The summed E-state index contributed by atoms with van der Waals surface area (Å²) in [7, 11) is 0. The van der Waals surface area contributed by atoms with Gasteiger partial charge in [0.05, 0.1) is 0 Å². The molecular formula is C17H34N2O. The molecule has 3 nitrogen and oxygen atoms in total. The first-order chi connectivity index (χ1) is 9.84. The van der Waals surface area contributed by atoms with Gasteiger partial charge in [-0.25, -0.2) is 0 Å². The number of nitrogens with zero attached hydrogens (tertiary/aromatic N) is 1. The van der Waals surface area contributed by atoms with Crippen LogP contribution in [0.4, 0.5) is 0 Å². The summed E-state index contributed by atoms with van der Waals surface area (Å²) >= 11 is 0. The first-order valence-electron chi connectivity index (χ1n) is 8.83. The van der Waals surface area contributed by atoms with Crippen LogP contribution in [0, 0.1) is 0 Å². The summed E-state index contributed by atoms with van der Waals surface area (Å²) in [5.74, 6) is 0.339. The molecular weight excluding hydrogens is 248 g/mol. The van der Waals surface area contributed by atoms with Crippen LogP contribution in [0.2, 0.25) is 0 Å². The molecule has 20 heavy (non-hydrogen) atoms. The average Bonchev–Trinajstić information content (AvgIpc) is 2.99. The summed E-state index contributed by atoms with van der Waals surface area (Å²) in [4.78, 5) is 13.8. The molecule has 1 heterocycles. The van der Waals surface area contributed by atoms with E-state index in [1.54, 1.807) is 0 Å². The van der Waals surface area contributed by atoms with Crippen molar-refractivity contribution in [3.05, 3.63) is 0 Å². The number of unbranched alkanes of at least 4 members (excludes halogenated alkanes) is 7. The zero-order chi connectivity index (χ0) is 14.5. The third-order valence-corrected chi connectivity index (χ3v) is 4.18. The second kappa shape index (κ2) is 12.2. The molecule has 0 saturated carbocycles. The zero-order valence-electron chi connectivity index (χ0n) is 13.5. The number of hydrogen-bond donors (Lipinski definition) is 1. The fourth-order valence-corrected chi connectivity index (χ4v) is 2.83. The van der Waals surface area contributed by atoms with Gasteiger partial charge in [-0.15, -0.1) is 0 Å². The number of carbonyl (C=O) groups excluding carboxylic acids is 1. The predicted molar refractivity (Wildman–Crippen MR) is 85.9 cm³/mol. The van der Waals surface area contributed by atoms with E-state index in [0.29, 0.717) is 12.3 Å². The number of amides is 1. The summed E-state index contributed by atoms with van der Waals surface area (Å²) in [6, 6.07) is 0. The van der Waals surface area contributed by atoms with Gasteiger partial charge in [-0.05, 0) is 25.8 Å². The fourth-order valence-electron chi connectivity index (χ4n) is 2.83. The van der Waals surface area contributed by atoms with Crippen LogP contribution in [-0.4, -0.2) is 37.0 Å². The molecule has 1 N–H and O–H groups in total. The molecule has 1 saturated heterocycles. The zero-order valence-corrected chi connectivity index (χ0v) is 13.5. The minimum absolute atomic E-state index is 0.339. The molecule has 0 aromatic carbocycles. The van der Waals surface area contributed by atoms with Crippen molar-refractivity contribution in [1.29, 1.82) is 0 Å². The highest BCUT2D eigenvalue weighted by Crippen LogP contribution is 2.09. The molecule has 118 valence electrons. The van der Waals surface area contributed by atoms with Crippen molar-refractivity contribution < 1.29 is 4.79 Å². The molecule has 0 radical (unpaired) electrons. The molecule has 1 fully saturated rings. The van der Waals surface area contributed by atoms with Gasteiger partial charge in [0.15, 0.2) is 0 Å². The van der Waals surface area contributed by atoms with Crippen LogP contribution in [0.25, 0.3) is 0 Å². The summed E-state index contributed by atoms with van der Waals surface area (Å²) in [6.07, 6.45) is 14.0. The number of carbonyl (C=O) groups is 1. The van der Waals surface area contributed by atoms with E-state index >= 15 is 0 Å². The smallest absolute Gasteiger partial charge is 0.223 e. The van der Waals surface area contributed by atoms with Crippen molar-refractivity contribution in [2.24, 2.45) is 0 Å². The topological polar surface area (TPSA) is 32.3 Å². The van der Waals surface area contributed by atoms with Crippen molar-refractivity contribution >= 4 is 5.91 Å². The third-order valence-electron chi connectivity index (χ3n) is 4.18. The van der Waals surface area contributed by atoms with Crippen molar-refractivity contribution in [3.63, 3.8) is 0 Å². The summed E-state index contributed by atoms with van der Waals surface area (Å²) in [6.45, 7) is 6.15. The molecule has 3 heteroatoms. The van der Waals surface area contributed by atoms with Crippen LogP contribution in [0.1, 0.15) is 77.6 Å². The highest BCUT2D eigenvalue weighted by molar-refractivity contribution is 5.76. The molecule has 0 aliphatic carbocycles. The maximum atomic E-state index is 11.8. The second-order valence-corrected chi connectivity index (χ2v) is 6.06. The van der Waals surface area contributed by atoms with Gasteiger partial charge in [-0.3, -0.25) is 4.79 Å². The van der Waals surface area contributed by atoms with Crippen molar-refractivity contribution in [2.45, 2.75) is 77.6 Å². The maximum absolute atomic E-state index is 11.8. The van der Waals surface area contributed by atoms with E-state index in [2.05, 4.69) is 12.2 Å². The highest BCUT2D eigenvalue weighted by Gasteiger charge is 2.16. The fraction of sp³-hybridized carbons (Fsp3) is 0.941. The van der Waals surface area contributed by atoms with E-state index in [9.17, 15) is 4.79 Å². The first-order valence-corrected chi connectivity index (χ1v) is 8.83. The van der Waals surface area contributed by atoms with Crippen molar-refractivity contribution in [2.75, 3.05) is 26.2 Å². The predicted octanol–water partition coefficient (Wildman–Crippen LogP) is 3.73. The number of rotatable bonds is 12. The molecule has 1 rings (SSSR count). The van der Waals surface area contributed by atoms with Crippen LogP contribution in [-0.2, 0) is 4.79 Å². The molecule has 0 unspecified atom stereocenters. The van der Waals surface area contributed by atoms with Crippen LogP contribution in [0.3, 0.4) is 0 Å². The standard InChI is InChI=1S/C17H34N2O/c1-2-3-4-5-6-7-8-9-13-18-14-12-17(20)19-15-10-11-16-19/h18H,2-16H2,1H3. The largest absolute Gasteiger partial charge is 0.343 e. The number of nitrogens with one attached hydrogen (secondary N) is 1. The summed E-state index contributed by atoms with van der Waals surface area (Å²) < 4.78 is 0. The monoisotopic (exact) mass is 282 g/mol. The van der Waals surface area contributed by atoms with Crippen molar-refractivity contribution in [3.8, 4) is 0 Å². The van der Waals surface area contributed by atoms with Gasteiger partial charge in [0.2, 0.25) is 5.91 Å². The van der Waals surface area contributed by atoms with Crippen LogP contribution in [0.15, 0.2) is 0 Å². The summed E-state index contributed by atoms with van der Waals surface area (Å²) in [5, 5.41) is 3.40. The quantitative estimate of drug-likeness (QED) is 0.553. The Hall–Kier alpha value is -0.570. The van der Waals surface area contributed by atoms with Gasteiger partial charge in [0.25, 0.3) is 0 Å². The molecule has 1 amide bonds. The van der Waals surface area contributed by atoms with E-state index in [0.717, 1.165) is 26.2 Å². The van der Waals surface area contributed by atoms with E-state index in [4.69, 9.17) is 0 Å². The van der Waals surface area contributed by atoms with E-state index < -0.39 is 0 Å². The lowest BCUT2D eigenvalue weighted by molar-refractivity contribution is -0.130.